The Morgan fingerprint density at radius 3 is 2.29 bits per heavy atom. The van der Waals surface area contributed by atoms with Gasteiger partial charge in [0.1, 0.15) is 6.17 Å². The van der Waals surface area contributed by atoms with Crippen molar-refractivity contribution in [3.63, 3.8) is 0 Å². The number of carboxylic acid groups (broad SMARTS) is 1. The molecule has 0 radical (unpaired) electrons. The Labute approximate surface area is 101 Å². The maximum atomic E-state index is 11.9. The zero-order valence-electron chi connectivity index (χ0n) is 10.9. The summed E-state index contributed by atoms with van der Waals surface area (Å²) in [6.45, 7) is 9.00. The maximum Gasteiger partial charge on any atom is 0.331 e. The van der Waals surface area contributed by atoms with Gasteiger partial charge in [-0.1, -0.05) is 13.8 Å². The van der Waals surface area contributed by atoms with Gasteiger partial charge in [-0.2, -0.15) is 0 Å². The minimum atomic E-state index is -0.961. The number of hydrogen-bond donors (Lipinski definition) is 3. The summed E-state index contributed by atoms with van der Waals surface area (Å²) < 4.78 is 0. The molecule has 0 aromatic carbocycles. The van der Waals surface area contributed by atoms with Crippen LogP contribution in [0.4, 0.5) is 0 Å². The van der Waals surface area contributed by atoms with Crippen LogP contribution in [-0.2, 0) is 9.59 Å². The van der Waals surface area contributed by atoms with E-state index in [2.05, 4.69) is 10.6 Å². The highest BCUT2D eigenvalue weighted by atomic mass is 16.4. The van der Waals surface area contributed by atoms with Crippen LogP contribution in [0.25, 0.3) is 0 Å². The Morgan fingerprint density at radius 1 is 1.41 bits per heavy atom. The molecule has 1 saturated heterocycles. The normalized spacial score (nSPS) is 30.2. The number of amides is 1. The molecule has 0 unspecified atom stereocenters. The molecule has 0 spiro atoms. The zero-order valence-corrected chi connectivity index (χ0v) is 10.9. The fraction of sp³-hybridized carbons (Fsp3) is 0.667. The lowest BCUT2D eigenvalue weighted by atomic mass is 9.89. The third-order valence-corrected chi connectivity index (χ3v) is 3.69. The summed E-state index contributed by atoms with van der Waals surface area (Å²) in [7, 11) is 0. The lowest BCUT2D eigenvalue weighted by Crippen LogP contribution is -2.49. The molecule has 0 saturated carbocycles. The van der Waals surface area contributed by atoms with Crippen molar-refractivity contribution in [2.75, 3.05) is 0 Å². The van der Waals surface area contributed by atoms with Gasteiger partial charge >= 0.3 is 5.97 Å². The van der Waals surface area contributed by atoms with Crippen LogP contribution in [0.1, 0.15) is 34.6 Å². The standard InChI is InChI=1S/C12H20N2O3/c1-6(2)12(5)11(17)13-9(14-12)7(3)8(4)10(15)16/h6,9,14H,1-5H3,(H,13,17)(H,15,16)/b8-7-/t9-,12-/m0/s1. The first kappa shape index (κ1) is 13.7. The molecule has 0 aromatic rings. The van der Waals surface area contributed by atoms with Crippen LogP contribution in [0, 0.1) is 5.92 Å². The minimum Gasteiger partial charge on any atom is -0.478 e. The molecule has 1 fully saturated rings. The summed E-state index contributed by atoms with van der Waals surface area (Å²) in [5.74, 6) is -0.919. The van der Waals surface area contributed by atoms with Crippen molar-refractivity contribution in [1.29, 1.82) is 0 Å². The summed E-state index contributed by atoms with van der Waals surface area (Å²) in [6, 6.07) is 0. The minimum absolute atomic E-state index is 0.0879. The van der Waals surface area contributed by atoms with Crippen LogP contribution in [0.15, 0.2) is 11.1 Å². The van der Waals surface area contributed by atoms with Crippen molar-refractivity contribution in [3.05, 3.63) is 11.1 Å². The van der Waals surface area contributed by atoms with Gasteiger partial charge in [0.2, 0.25) is 5.91 Å². The molecule has 0 bridgehead atoms. The molecule has 0 aromatic heterocycles. The van der Waals surface area contributed by atoms with Crippen molar-refractivity contribution in [3.8, 4) is 0 Å². The molecule has 17 heavy (non-hydrogen) atoms. The van der Waals surface area contributed by atoms with Gasteiger partial charge in [-0.05, 0) is 32.3 Å². The molecule has 1 heterocycles. The average molecular weight is 240 g/mol. The number of hydrogen-bond acceptors (Lipinski definition) is 3. The van der Waals surface area contributed by atoms with Crippen molar-refractivity contribution in [1.82, 2.24) is 10.6 Å². The van der Waals surface area contributed by atoms with Crippen LogP contribution in [0.3, 0.4) is 0 Å². The quantitative estimate of drug-likeness (QED) is 0.640. The van der Waals surface area contributed by atoms with E-state index in [0.717, 1.165) is 0 Å². The lowest BCUT2D eigenvalue weighted by Gasteiger charge is -2.26. The average Bonchev–Trinajstić information content (AvgIpc) is 2.54. The Bertz CT molecular complexity index is 387. The summed E-state index contributed by atoms with van der Waals surface area (Å²) in [4.78, 5) is 22.8. The van der Waals surface area contributed by atoms with Gasteiger partial charge in [0.25, 0.3) is 0 Å². The van der Waals surface area contributed by atoms with E-state index in [1.807, 2.05) is 20.8 Å². The van der Waals surface area contributed by atoms with Gasteiger partial charge in [-0.3, -0.25) is 10.1 Å². The van der Waals surface area contributed by atoms with Crippen LogP contribution in [0.5, 0.6) is 0 Å². The second-order valence-electron chi connectivity index (χ2n) is 5.02. The highest BCUT2D eigenvalue weighted by Crippen LogP contribution is 2.24. The zero-order chi connectivity index (χ0) is 13.4. The fourth-order valence-electron chi connectivity index (χ4n) is 1.71. The largest absolute Gasteiger partial charge is 0.478 e. The molecule has 2 atom stereocenters. The summed E-state index contributed by atoms with van der Waals surface area (Å²) in [5.41, 5.74) is 0.246. The van der Waals surface area contributed by atoms with Gasteiger partial charge < -0.3 is 10.4 Å². The molecule has 1 rings (SSSR count). The van der Waals surface area contributed by atoms with E-state index in [-0.39, 0.29) is 17.4 Å². The molecule has 96 valence electrons. The topological polar surface area (TPSA) is 78.4 Å². The highest BCUT2D eigenvalue weighted by Gasteiger charge is 2.45. The van der Waals surface area contributed by atoms with Gasteiger partial charge in [-0.25, -0.2) is 4.79 Å². The van der Waals surface area contributed by atoms with Crippen molar-refractivity contribution >= 4 is 11.9 Å². The monoisotopic (exact) mass is 240 g/mol. The van der Waals surface area contributed by atoms with Crippen LogP contribution < -0.4 is 10.6 Å². The van der Waals surface area contributed by atoms with Crippen molar-refractivity contribution < 1.29 is 14.7 Å². The predicted octanol–water partition coefficient (Wildman–Crippen LogP) is 0.868. The third-order valence-electron chi connectivity index (χ3n) is 3.69. The number of rotatable bonds is 3. The number of aliphatic carboxylic acids is 1. The van der Waals surface area contributed by atoms with E-state index in [9.17, 15) is 9.59 Å². The SMILES string of the molecule is C/C(C(=O)O)=C(\C)[C@H]1NC(=O)[C@](C)(C(C)C)N1. The first-order valence-electron chi connectivity index (χ1n) is 5.69. The lowest BCUT2D eigenvalue weighted by molar-refractivity contribution is -0.132. The van der Waals surface area contributed by atoms with E-state index in [1.54, 1.807) is 6.92 Å². The molecule has 3 N–H and O–H groups in total. The molecule has 1 aliphatic heterocycles. The van der Waals surface area contributed by atoms with Crippen molar-refractivity contribution in [2.45, 2.75) is 46.3 Å². The van der Waals surface area contributed by atoms with E-state index in [1.165, 1.54) is 6.92 Å². The summed E-state index contributed by atoms with van der Waals surface area (Å²) in [6.07, 6.45) is -0.397. The summed E-state index contributed by atoms with van der Waals surface area (Å²) in [5, 5.41) is 14.9. The van der Waals surface area contributed by atoms with Gasteiger partial charge in [0.05, 0.1) is 5.54 Å². The smallest absolute Gasteiger partial charge is 0.331 e. The fourth-order valence-corrected chi connectivity index (χ4v) is 1.71. The third kappa shape index (κ3) is 2.34. The highest BCUT2D eigenvalue weighted by molar-refractivity contribution is 5.90. The molecular weight excluding hydrogens is 220 g/mol. The Kier molecular flexibility index (Phi) is 3.62. The molecule has 1 aliphatic rings. The van der Waals surface area contributed by atoms with Crippen LogP contribution >= 0.6 is 0 Å². The number of nitrogens with one attached hydrogen (secondary N) is 2. The Hall–Kier alpha value is -1.36. The van der Waals surface area contributed by atoms with Crippen molar-refractivity contribution in [2.24, 2.45) is 5.92 Å². The van der Waals surface area contributed by atoms with E-state index in [0.29, 0.717) is 5.57 Å². The van der Waals surface area contributed by atoms with Gasteiger partial charge in [0.15, 0.2) is 0 Å². The molecule has 1 amide bonds. The molecule has 5 nitrogen and oxygen atoms in total. The number of carboxylic acids is 1. The second-order valence-corrected chi connectivity index (χ2v) is 5.02. The first-order valence-corrected chi connectivity index (χ1v) is 5.69. The Balaban J connectivity index is 2.98. The summed E-state index contributed by atoms with van der Waals surface area (Å²) >= 11 is 0. The maximum absolute atomic E-state index is 11.9. The van der Waals surface area contributed by atoms with Gasteiger partial charge in [0, 0.05) is 5.57 Å². The first-order chi connectivity index (χ1) is 7.70. The molecular formula is C12H20N2O3. The second kappa shape index (κ2) is 4.49. The Morgan fingerprint density at radius 2 is 1.94 bits per heavy atom. The number of carbonyl (C=O) groups excluding carboxylic acids is 1. The molecule has 5 heteroatoms. The molecule has 0 aliphatic carbocycles. The predicted molar refractivity (Wildman–Crippen MR) is 64.3 cm³/mol. The van der Waals surface area contributed by atoms with E-state index < -0.39 is 17.7 Å². The van der Waals surface area contributed by atoms with Gasteiger partial charge in [-0.15, -0.1) is 0 Å². The number of carbonyl (C=O) groups is 2. The van der Waals surface area contributed by atoms with Crippen LogP contribution in [-0.4, -0.2) is 28.7 Å². The van der Waals surface area contributed by atoms with E-state index in [4.69, 9.17) is 5.11 Å². The van der Waals surface area contributed by atoms with Crippen LogP contribution in [0.2, 0.25) is 0 Å². The van der Waals surface area contributed by atoms with E-state index >= 15 is 0 Å².